The summed E-state index contributed by atoms with van der Waals surface area (Å²) in [6.07, 6.45) is 1.96. The molecule has 2 amide bonds. The van der Waals surface area contributed by atoms with E-state index < -0.39 is 27.9 Å². The van der Waals surface area contributed by atoms with E-state index in [9.17, 15) is 23.3 Å². The molecular formula is C27H30ClN5O4S2. The van der Waals surface area contributed by atoms with Crippen molar-refractivity contribution in [3.05, 3.63) is 70.2 Å². The SMILES string of the molecule is CC(C)C[C@H](N)C(=O)N(CCCN(C)S(=O)(=O)c1ccccc1C#N)C(=O)c1cnc(-c2cccc(Cl)c2)s1. The van der Waals surface area contributed by atoms with E-state index in [-0.39, 0.29) is 40.8 Å². The lowest BCUT2D eigenvalue weighted by Crippen LogP contribution is -2.48. The molecule has 12 heteroatoms. The Bertz CT molecular complexity index is 1480. The van der Waals surface area contributed by atoms with Crippen molar-refractivity contribution in [3.63, 3.8) is 0 Å². The fraction of sp³-hybridized carbons (Fsp3) is 0.333. The first-order chi connectivity index (χ1) is 18.4. The predicted octanol–water partition coefficient (Wildman–Crippen LogP) is 4.39. The number of carbonyl (C=O) groups is 2. The minimum atomic E-state index is -3.96. The number of amides is 2. The van der Waals surface area contributed by atoms with Gasteiger partial charge in [0.25, 0.3) is 5.91 Å². The molecule has 3 rings (SSSR count). The summed E-state index contributed by atoms with van der Waals surface area (Å²) in [6, 6.07) is 14.0. The number of sulfonamides is 1. The topological polar surface area (TPSA) is 137 Å². The third-order valence-electron chi connectivity index (χ3n) is 5.89. The van der Waals surface area contributed by atoms with Gasteiger partial charge in [0.15, 0.2) is 0 Å². The number of halogens is 1. The van der Waals surface area contributed by atoms with E-state index in [4.69, 9.17) is 17.3 Å². The summed E-state index contributed by atoms with van der Waals surface area (Å²) in [6.45, 7) is 3.82. The lowest BCUT2D eigenvalue weighted by molar-refractivity contribution is -0.130. The lowest BCUT2D eigenvalue weighted by Gasteiger charge is -2.25. The molecule has 1 heterocycles. The summed E-state index contributed by atoms with van der Waals surface area (Å²) < 4.78 is 27.2. The van der Waals surface area contributed by atoms with E-state index in [0.717, 1.165) is 26.1 Å². The third kappa shape index (κ3) is 7.50. The molecule has 39 heavy (non-hydrogen) atoms. The van der Waals surface area contributed by atoms with Gasteiger partial charge in [0.2, 0.25) is 15.9 Å². The monoisotopic (exact) mass is 587 g/mol. The van der Waals surface area contributed by atoms with Crippen LogP contribution in [0.15, 0.2) is 59.6 Å². The van der Waals surface area contributed by atoms with Crippen molar-refractivity contribution in [2.45, 2.75) is 37.6 Å². The van der Waals surface area contributed by atoms with Crippen LogP contribution in [0.4, 0.5) is 0 Å². The first kappa shape index (κ1) is 30.4. The highest BCUT2D eigenvalue weighted by atomic mass is 35.5. The van der Waals surface area contributed by atoms with Crippen LogP contribution in [0.5, 0.6) is 0 Å². The number of carbonyl (C=O) groups excluding carboxylic acids is 2. The molecular weight excluding hydrogens is 558 g/mol. The van der Waals surface area contributed by atoms with E-state index in [1.165, 1.54) is 25.4 Å². The summed E-state index contributed by atoms with van der Waals surface area (Å²) in [5.41, 5.74) is 6.93. The van der Waals surface area contributed by atoms with Crippen LogP contribution in [0.2, 0.25) is 5.02 Å². The summed E-state index contributed by atoms with van der Waals surface area (Å²) >= 11 is 7.21. The van der Waals surface area contributed by atoms with Gasteiger partial charge in [-0.2, -0.15) is 5.26 Å². The summed E-state index contributed by atoms with van der Waals surface area (Å²) in [5, 5.41) is 10.4. The van der Waals surface area contributed by atoms with Crippen molar-refractivity contribution in [2.24, 2.45) is 11.7 Å². The highest BCUT2D eigenvalue weighted by molar-refractivity contribution is 7.89. The molecule has 0 radical (unpaired) electrons. The average molecular weight is 588 g/mol. The number of hydrogen-bond acceptors (Lipinski definition) is 8. The zero-order valence-corrected chi connectivity index (χ0v) is 24.3. The molecule has 0 saturated heterocycles. The maximum absolute atomic E-state index is 13.5. The molecule has 0 aliphatic heterocycles. The van der Waals surface area contributed by atoms with Gasteiger partial charge in [-0.05, 0) is 43.0 Å². The Hall–Kier alpha value is -3.14. The Kier molecular flexibility index (Phi) is 10.4. The fourth-order valence-electron chi connectivity index (χ4n) is 3.91. The molecule has 2 aromatic carbocycles. The van der Waals surface area contributed by atoms with Crippen LogP contribution in [-0.2, 0) is 14.8 Å². The minimum absolute atomic E-state index is 0.00896. The fourth-order valence-corrected chi connectivity index (χ4v) is 6.30. The molecule has 0 aliphatic carbocycles. The van der Waals surface area contributed by atoms with E-state index in [2.05, 4.69) is 4.98 Å². The van der Waals surface area contributed by atoms with Gasteiger partial charge in [0.05, 0.1) is 22.7 Å². The van der Waals surface area contributed by atoms with Crippen molar-refractivity contribution in [1.82, 2.24) is 14.2 Å². The number of imide groups is 1. The third-order valence-corrected chi connectivity index (χ3v) is 9.08. The van der Waals surface area contributed by atoms with Gasteiger partial charge in [-0.3, -0.25) is 14.5 Å². The van der Waals surface area contributed by atoms with Gasteiger partial charge in [-0.25, -0.2) is 17.7 Å². The van der Waals surface area contributed by atoms with Gasteiger partial charge in [-0.15, -0.1) is 11.3 Å². The normalized spacial score (nSPS) is 12.4. The number of aromatic nitrogens is 1. The van der Waals surface area contributed by atoms with Crippen LogP contribution in [0.1, 0.15) is 41.9 Å². The number of benzene rings is 2. The van der Waals surface area contributed by atoms with Crippen LogP contribution in [0.25, 0.3) is 10.6 Å². The summed E-state index contributed by atoms with van der Waals surface area (Å²) in [7, 11) is -2.57. The second-order valence-corrected chi connectivity index (χ2v) is 12.8. The standard InChI is InChI=1S/C27H30ClN5O4S2/c1-18(2)14-22(30)26(34)33(27(35)23-17-31-25(38-23)19-9-6-10-21(28)15-19)13-7-12-32(3)39(36,37)24-11-5-4-8-20(24)16-29/h4-6,8-11,15,17-18,22H,7,12-14,30H2,1-3H3/t22-/m0/s1. The predicted molar refractivity (Wildman–Crippen MR) is 152 cm³/mol. The number of nitrogens with zero attached hydrogens (tertiary/aromatic N) is 4. The van der Waals surface area contributed by atoms with Crippen molar-refractivity contribution >= 4 is 44.8 Å². The van der Waals surface area contributed by atoms with Crippen molar-refractivity contribution in [3.8, 4) is 16.6 Å². The Labute approximate surface area is 237 Å². The maximum Gasteiger partial charge on any atom is 0.272 e. The van der Waals surface area contributed by atoms with Gasteiger partial charge >= 0.3 is 0 Å². The zero-order valence-electron chi connectivity index (χ0n) is 21.9. The van der Waals surface area contributed by atoms with Crippen molar-refractivity contribution in [1.29, 1.82) is 5.26 Å². The van der Waals surface area contributed by atoms with Crippen LogP contribution >= 0.6 is 22.9 Å². The lowest BCUT2D eigenvalue weighted by atomic mass is 10.0. The number of hydrogen-bond donors (Lipinski definition) is 1. The first-order valence-corrected chi connectivity index (χ1v) is 14.9. The summed E-state index contributed by atoms with van der Waals surface area (Å²) in [4.78, 5) is 32.3. The van der Waals surface area contributed by atoms with E-state index in [1.54, 1.807) is 30.3 Å². The molecule has 0 unspecified atom stereocenters. The molecule has 3 aromatic rings. The molecule has 9 nitrogen and oxygen atoms in total. The molecule has 0 spiro atoms. The molecule has 0 saturated carbocycles. The molecule has 2 N–H and O–H groups in total. The van der Waals surface area contributed by atoms with Gasteiger partial charge in [0.1, 0.15) is 16.0 Å². The number of nitriles is 1. The second kappa shape index (κ2) is 13.3. The average Bonchev–Trinajstić information content (AvgIpc) is 3.40. The zero-order chi connectivity index (χ0) is 28.7. The van der Waals surface area contributed by atoms with E-state index >= 15 is 0 Å². The molecule has 1 aromatic heterocycles. The van der Waals surface area contributed by atoms with E-state index in [0.29, 0.717) is 16.5 Å². The number of thiazole rings is 1. The van der Waals surface area contributed by atoms with Crippen molar-refractivity contribution < 1.29 is 18.0 Å². The Morgan fingerprint density at radius 2 is 1.87 bits per heavy atom. The highest BCUT2D eigenvalue weighted by Gasteiger charge is 2.30. The highest BCUT2D eigenvalue weighted by Crippen LogP contribution is 2.28. The van der Waals surface area contributed by atoms with Crippen LogP contribution in [0.3, 0.4) is 0 Å². The molecule has 1 atom stereocenters. The first-order valence-electron chi connectivity index (χ1n) is 12.2. The maximum atomic E-state index is 13.5. The Morgan fingerprint density at radius 3 is 2.54 bits per heavy atom. The van der Waals surface area contributed by atoms with E-state index in [1.807, 2.05) is 26.0 Å². The van der Waals surface area contributed by atoms with Gasteiger partial charge in [0, 0.05) is 30.7 Å². The second-order valence-electron chi connectivity index (χ2n) is 9.36. The molecule has 0 aliphatic rings. The molecule has 0 bridgehead atoms. The van der Waals surface area contributed by atoms with Gasteiger partial charge in [-0.1, -0.05) is 49.7 Å². The largest absolute Gasteiger partial charge is 0.320 e. The molecule has 206 valence electrons. The minimum Gasteiger partial charge on any atom is -0.320 e. The smallest absolute Gasteiger partial charge is 0.272 e. The van der Waals surface area contributed by atoms with Gasteiger partial charge < -0.3 is 5.73 Å². The number of nitrogens with two attached hydrogens (primary N) is 1. The molecule has 0 fully saturated rings. The van der Waals surface area contributed by atoms with Crippen LogP contribution in [-0.4, -0.2) is 60.6 Å². The Morgan fingerprint density at radius 1 is 1.15 bits per heavy atom. The quantitative estimate of drug-likeness (QED) is 0.351. The van der Waals surface area contributed by atoms with Crippen LogP contribution in [0, 0.1) is 17.2 Å². The summed E-state index contributed by atoms with van der Waals surface area (Å²) in [5.74, 6) is -0.952. The number of rotatable bonds is 11. The van der Waals surface area contributed by atoms with Crippen LogP contribution < -0.4 is 5.73 Å². The Balaban J connectivity index is 1.80. The van der Waals surface area contributed by atoms with Crippen molar-refractivity contribution in [2.75, 3.05) is 20.1 Å².